The molecule has 1 aliphatic heterocycles. The Morgan fingerprint density at radius 2 is 2.06 bits per heavy atom. The Labute approximate surface area is 190 Å². The first-order chi connectivity index (χ1) is 15.6. The third-order valence-electron chi connectivity index (χ3n) is 5.88. The second-order valence-electron chi connectivity index (χ2n) is 9.55. The summed E-state index contributed by atoms with van der Waals surface area (Å²) < 4.78 is 22.9. The molecular weight excluding hydrogens is 431 g/mol. The molecular formula is C23H29FN4O5. The molecule has 2 fully saturated rings. The van der Waals surface area contributed by atoms with Crippen molar-refractivity contribution in [1.29, 1.82) is 0 Å². The third-order valence-corrected chi connectivity index (χ3v) is 5.88. The van der Waals surface area contributed by atoms with E-state index in [2.05, 4.69) is 5.16 Å². The molecule has 1 saturated carbocycles. The van der Waals surface area contributed by atoms with E-state index < -0.39 is 22.8 Å². The number of methoxy groups -OCH3 is 1. The molecule has 1 aromatic heterocycles. The van der Waals surface area contributed by atoms with Crippen molar-refractivity contribution < 1.29 is 23.9 Å². The van der Waals surface area contributed by atoms with Gasteiger partial charge in [0.25, 0.3) is 0 Å². The average molecular weight is 461 g/mol. The summed E-state index contributed by atoms with van der Waals surface area (Å²) >= 11 is 0. The summed E-state index contributed by atoms with van der Waals surface area (Å²) in [5, 5.41) is 13.8. The van der Waals surface area contributed by atoms with Gasteiger partial charge in [-0.3, -0.25) is 4.79 Å². The summed E-state index contributed by atoms with van der Waals surface area (Å²) in [4.78, 5) is 31.9. The average Bonchev–Trinajstić information content (AvgIpc) is 3.50. The number of ether oxygens (including phenoxy) is 1. The van der Waals surface area contributed by atoms with Crippen LogP contribution in [0.1, 0.15) is 50.0 Å². The quantitative estimate of drug-likeness (QED) is 0.636. The molecule has 1 saturated heterocycles. The minimum atomic E-state index is -1.34. The monoisotopic (exact) mass is 460 g/mol. The first-order valence-corrected chi connectivity index (χ1v) is 10.9. The lowest BCUT2D eigenvalue weighted by molar-refractivity contribution is 0.000172. The molecule has 2 aromatic rings. The highest BCUT2D eigenvalue weighted by Crippen LogP contribution is 2.44. The van der Waals surface area contributed by atoms with Crippen LogP contribution in [-0.2, 0) is 4.84 Å². The molecule has 1 aromatic carbocycles. The van der Waals surface area contributed by atoms with Gasteiger partial charge < -0.3 is 29.9 Å². The Morgan fingerprint density at radius 1 is 1.36 bits per heavy atom. The number of halogens is 1. The predicted molar refractivity (Wildman–Crippen MR) is 123 cm³/mol. The van der Waals surface area contributed by atoms with Crippen LogP contribution in [0.2, 0.25) is 0 Å². The molecule has 10 heteroatoms. The molecule has 4 rings (SSSR count). The van der Waals surface area contributed by atoms with E-state index in [4.69, 9.17) is 15.3 Å². The van der Waals surface area contributed by atoms with Crippen LogP contribution in [-0.4, -0.2) is 53.7 Å². The highest BCUT2D eigenvalue weighted by molar-refractivity contribution is 5.99. The van der Waals surface area contributed by atoms with Crippen LogP contribution >= 0.6 is 0 Å². The van der Waals surface area contributed by atoms with Gasteiger partial charge in [-0.1, -0.05) is 5.16 Å². The van der Waals surface area contributed by atoms with E-state index in [0.717, 1.165) is 18.9 Å². The number of anilines is 1. The van der Waals surface area contributed by atoms with Gasteiger partial charge in [-0.25, -0.2) is 9.18 Å². The van der Waals surface area contributed by atoms with Crippen molar-refractivity contribution in [1.82, 2.24) is 4.57 Å². The molecule has 3 N–H and O–H groups in total. The zero-order chi connectivity index (χ0) is 24.1. The number of aromatic nitrogens is 1. The maximum Gasteiger partial charge on any atom is 0.341 e. The molecule has 9 nitrogen and oxygen atoms in total. The van der Waals surface area contributed by atoms with E-state index in [1.807, 2.05) is 20.8 Å². The number of carboxylic acid groups (broad SMARTS) is 1. The molecule has 2 aliphatic rings. The van der Waals surface area contributed by atoms with Gasteiger partial charge in [-0.05, 0) is 39.7 Å². The van der Waals surface area contributed by atoms with Crippen molar-refractivity contribution in [3.63, 3.8) is 0 Å². The lowest BCUT2D eigenvalue weighted by atomic mass is 10.1. The molecule has 1 atom stereocenters. The summed E-state index contributed by atoms with van der Waals surface area (Å²) in [7, 11) is 1.42. The molecule has 0 bridgehead atoms. The zero-order valence-corrected chi connectivity index (χ0v) is 19.2. The van der Waals surface area contributed by atoms with E-state index >= 15 is 4.39 Å². The topological polar surface area (TPSA) is 119 Å². The maximum atomic E-state index is 15.5. The van der Waals surface area contributed by atoms with Crippen LogP contribution in [0.3, 0.4) is 0 Å². The normalized spacial score (nSPS) is 20.0. The van der Waals surface area contributed by atoms with Crippen LogP contribution in [0, 0.1) is 11.7 Å². The Bertz CT molecular complexity index is 1200. The summed E-state index contributed by atoms with van der Waals surface area (Å²) in [6.07, 6.45) is 3.02. The Balaban J connectivity index is 1.88. The van der Waals surface area contributed by atoms with Gasteiger partial charge in [0.05, 0.1) is 30.3 Å². The van der Waals surface area contributed by atoms with Crippen molar-refractivity contribution in [2.24, 2.45) is 16.8 Å². The van der Waals surface area contributed by atoms with Crippen LogP contribution in [0.25, 0.3) is 10.9 Å². The van der Waals surface area contributed by atoms with Gasteiger partial charge >= 0.3 is 5.97 Å². The zero-order valence-electron chi connectivity index (χ0n) is 19.2. The highest BCUT2D eigenvalue weighted by atomic mass is 19.1. The minimum Gasteiger partial charge on any atom is -0.492 e. The van der Waals surface area contributed by atoms with Crippen molar-refractivity contribution >= 4 is 28.3 Å². The number of hydrogen-bond donors (Lipinski definition) is 2. The second kappa shape index (κ2) is 8.33. The van der Waals surface area contributed by atoms with E-state index in [9.17, 15) is 14.7 Å². The lowest BCUT2D eigenvalue weighted by Gasteiger charge is -2.24. The van der Waals surface area contributed by atoms with Gasteiger partial charge in [0.2, 0.25) is 5.43 Å². The summed E-state index contributed by atoms with van der Waals surface area (Å²) in [6.45, 7) is 6.66. The van der Waals surface area contributed by atoms with Gasteiger partial charge in [0, 0.05) is 31.2 Å². The molecule has 178 valence electrons. The number of oxime groups is 1. The van der Waals surface area contributed by atoms with Gasteiger partial charge in [-0.15, -0.1) is 0 Å². The Morgan fingerprint density at radius 3 is 2.61 bits per heavy atom. The highest BCUT2D eigenvalue weighted by Gasteiger charge is 2.35. The fraction of sp³-hybridized carbons (Fsp3) is 0.522. The first kappa shape index (κ1) is 23.0. The molecule has 1 aliphatic carbocycles. The van der Waals surface area contributed by atoms with Crippen LogP contribution in [0.15, 0.2) is 22.2 Å². The van der Waals surface area contributed by atoms with Crippen LogP contribution in [0.4, 0.5) is 10.1 Å². The number of fused-ring (bicyclic) bond motifs is 1. The van der Waals surface area contributed by atoms with Gasteiger partial charge in [-0.2, -0.15) is 0 Å². The van der Waals surface area contributed by atoms with Gasteiger partial charge in [0.1, 0.15) is 16.9 Å². The standard InChI is InChI=1S/C23H29FN4O5/c1-23(2,3)33-26-17-11-27(9-12(17)8-25)19-16(24)7-14-18(21(19)32-4)28(13-5-6-13)10-15(20(14)29)22(30)31/h7,10,12-13H,5-6,8-9,11,25H2,1-4H3,(H,30,31)/b26-17+. The molecule has 0 spiro atoms. The largest absolute Gasteiger partial charge is 0.492 e. The third kappa shape index (κ3) is 4.27. The molecule has 0 radical (unpaired) electrons. The van der Waals surface area contributed by atoms with E-state index in [1.165, 1.54) is 13.3 Å². The number of aromatic carboxylic acids is 1. The number of nitrogens with two attached hydrogens (primary N) is 1. The molecule has 2 heterocycles. The summed E-state index contributed by atoms with van der Waals surface area (Å²) in [6, 6.07) is 1.14. The lowest BCUT2D eigenvalue weighted by Crippen LogP contribution is -2.25. The molecule has 33 heavy (non-hydrogen) atoms. The van der Waals surface area contributed by atoms with Crippen molar-refractivity contribution in [3.8, 4) is 5.75 Å². The number of rotatable bonds is 6. The van der Waals surface area contributed by atoms with E-state index in [1.54, 1.807) is 9.47 Å². The van der Waals surface area contributed by atoms with Crippen molar-refractivity contribution in [3.05, 3.63) is 33.9 Å². The predicted octanol–water partition coefficient (Wildman–Crippen LogP) is 2.75. The number of hydrogen-bond acceptors (Lipinski definition) is 7. The van der Waals surface area contributed by atoms with Crippen LogP contribution in [0.5, 0.6) is 5.75 Å². The van der Waals surface area contributed by atoms with E-state index in [0.29, 0.717) is 24.3 Å². The number of pyridine rings is 1. The Kier molecular flexibility index (Phi) is 5.81. The molecule has 1 unspecified atom stereocenters. The van der Waals surface area contributed by atoms with Crippen molar-refractivity contribution in [2.75, 3.05) is 31.6 Å². The number of carbonyl (C=O) groups is 1. The number of nitrogens with zero attached hydrogens (tertiary/aromatic N) is 3. The minimum absolute atomic E-state index is 0.0144. The van der Waals surface area contributed by atoms with Crippen molar-refractivity contribution in [2.45, 2.75) is 45.3 Å². The number of carboxylic acids is 1. The van der Waals surface area contributed by atoms with Gasteiger partial charge in [0.15, 0.2) is 11.6 Å². The fourth-order valence-corrected chi connectivity index (χ4v) is 4.16. The fourth-order valence-electron chi connectivity index (χ4n) is 4.16. The maximum absolute atomic E-state index is 15.5. The molecule has 0 amide bonds. The van der Waals surface area contributed by atoms with E-state index in [-0.39, 0.29) is 40.9 Å². The van der Waals surface area contributed by atoms with Crippen LogP contribution < -0.4 is 20.8 Å². The SMILES string of the molecule is COc1c(N2C/C(=N\OC(C)(C)C)C(CN)C2)c(F)cc2c(=O)c(C(=O)O)cn(C3CC3)c12. The summed E-state index contributed by atoms with van der Waals surface area (Å²) in [5.41, 5.74) is 5.64. The second-order valence-corrected chi connectivity index (χ2v) is 9.55. The Hall–Kier alpha value is -3.14. The first-order valence-electron chi connectivity index (χ1n) is 10.9. The number of benzene rings is 1. The smallest absolute Gasteiger partial charge is 0.341 e. The summed E-state index contributed by atoms with van der Waals surface area (Å²) in [5.74, 6) is -1.95.